The fourth-order valence-corrected chi connectivity index (χ4v) is 2.28. The summed E-state index contributed by atoms with van der Waals surface area (Å²) in [6, 6.07) is 11.9. The highest BCUT2D eigenvalue weighted by Gasteiger charge is 2.08. The molecule has 0 saturated heterocycles. The molecule has 2 amide bonds. The minimum atomic E-state index is -0.448. The van der Waals surface area contributed by atoms with Gasteiger partial charge in [-0.15, -0.1) is 0 Å². The van der Waals surface area contributed by atoms with E-state index in [0.717, 1.165) is 5.56 Å². The van der Waals surface area contributed by atoms with Gasteiger partial charge in [0, 0.05) is 5.56 Å². The van der Waals surface area contributed by atoms with E-state index in [0.29, 0.717) is 29.4 Å². The van der Waals surface area contributed by atoms with Gasteiger partial charge in [-0.3, -0.25) is 9.59 Å². The Balaban J connectivity index is 1.82. The Labute approximate surface area is 163 Å². The molecular weight excluding hydrogens is 362 g/mol. The van der Waals surface area contributed by atoms with Crippen molar-refractivity contribution in [2.24, 2.45) is 5.10 Å². The van der Waals surface area contributed by atoms with E-state index in [4.69, 9.17) is 14.2 Å². The molecule has 2 aromatic rings. The Bertz CT molecular complexity index is 834. The van der Waals surface area contributed by atoms with E-state index in [9.17, 15) is 9.59 Å². The Morgan fingerprint density at radius 3 is 2.39 bits per heavy atom. The van der Waals surface area contributed by atoms with Gasteiger partial charge < -0.3 is 19.5 Å². The van der Waals surface area contributed by atoms with Crippen LogP contribution in [-0.4, -0.2) is 45.4 Å². The van der Waals surface area contributed by atoms with E-state index in [1.54, 1.807) is 49.6 Å². The number of carbonyl (C=O) groups is 2. The van der Waals surface area contributed by atoms with Crippen LogP contribution in [0.1, 0.15) is 22.8 Å². The molecule has 0 atom stereocenters. The van der Waals surface area contributed by atoms with E-state index in [1.807, 2.05) is 6.92 Å². The molecule has 0 aliphatic heterocycles. The van der Waals surface area contributed by atoms with Gasteiger partial charge in [0.25, 0.3) is 11.8 Å². The van der Waals surface area contributed by atoms with Gasteiger partial charge in [0.05, 0.1) is 33.6 Å². The number of hydrazone groups is 1. The minimum Gasteiger partial charge on any atom is -0.494 e. The van der Waals surface area contributed by atoms with Crippen LogP contribution in [0.15, 0.2) is 47.6 Å². The number of rotatable bonds is 9. The maximum atomic E-state index is 12.0. The van der Waals surface area contributed by atoms with Crippen LogP contribution < -0.4 is 25.0 Å². The molecule has 2 rings (SSSR count). The Morgan fingerprint density at radius 1 is 1.04 bits per heavy atom. The average molecular weight is 385 g/mol. The highest BCUT2D eigenvalue weighted by atomic mass is 16.5. The third kappa shape index (κ3) is 6.01. The van der Waals surface area contributed by atoms with Gasteiger partial charge in [-0.2, -0.15) is 5.10 Å². The van der Waals surface area contributed by atoms with Gasteiger partial charge in [0.1, 0.15) is 5.75 Å². The van der Waals surface area contributed by atoms with Crippen LogP contribution in [0.25, 0.3) is 0 Å². The Morgan fingerprint density at radius 2 is 1.75 bits per heavy atom. The first kappa shape index (κ1) is 20.8. The van der Waals surface area contributed by atoms with Crippen molar-refractivity contribution in [1.82, 2.24) is 10.7 Å². The molecule has 0 heterocycles. The van der Waals surface area contributed by atoms with Crippen LogP contribution in [0.5, 0.6) is 17.2 Å². The van der Waals surface area contributed by atoms with E-state index < -0.39 is 5.91 Å². The van der Waals surface area contributed by atoms with E-state index in [-0.39, 0.29) is 12.5 Å². The van der Waals surface area contributed by atoms with Gasteiger partial charge in [-0.1, -0.05) is 0 Å². The van der Waals surface area contributed by atoms with Crippen LogP contribution in [0.3, 0.4) is 0 Å². The Hall–Kier alpha value is -3.55. The van der Waals surface area contributed by atoms with Crippen molar-refractivity contribution < 1.29 is 23.8 Å². The van der Waals surface area contributed by atoms with Crippen molar-refractivity contribution in [1.29, 1.82) is 0 Å². The number of hydrogen-bond donors (Lipinski definition) is 2. The van der Waals surface area contributed by atoms with Crippen LogP contribution in [0.2, 0.25) is 0 Å². The standard InChI is InChI=1S/C20H23N3O5/c1-4-28-16-8-6-15(7-9-16)20(25)21-13-19(24)23-22-12-14-5-10-17(26-2)18(11-14)27-3/h5-12H,4,13H2,1-3H3,(H,21,25)(H,23,24)/b22-12+. The topological polar surface area (TPSA) is 98.2 Å². The van der Waals surface area contributed by atoms with Gasteiger partial charge in [0.2, 0.25) is 0 Å². The summed E-state index contributed by atoms with van der Waals surface area (Å²) in [6.45, 7) is 2.23. The number of methoxy groups -OCH3 is 2. The maximum absolute atomic E-state index is 12.0. The second-order valence-corrected chi connectivity index (χ2v) is 5.55. The Kier molecular flexibility index (Phi) is 7.83. The van der Waals surface area contributed by atoms with Crippen LogP contribution >= 0.6 is 0 Å². The predicted molar refractivity (Wildman–Crippen MR) is 105 cm³/mol. The summed E-state index contributed by atoms with van der Waals surface area (Å²) >= 11 is 0. The van der Waals surface area contributed by atoms with Crippen molar-refractivity contribution in [2.75, 3.05) is 27.4 Å². The zero-order valence-corrected chi connectivity index (χ0v) is 16.0. The van der Waals surface area contributed by atoms with Crippen LogP contribution in [-0.2, 0) is 4.79 Å². The molecule has 0 aliphatic carbocycles. The summed E-state index contributed by atoms with van der Waals surface area (Å²) < 4.78 is 15.7. The summed E-state index contributed by atoms with van der Waals surface area (Å²) in [4.78, 5) is 23.9. The lowest BCUT2D eigenvalue weighted by Gasteiger charge is -2.07. The number of nitrogens with one attached hydrogen (secondary N) is 2. The van der Waals surface area contributed by atoms with Gasteiger partial charge in [0.15, 0.2) is 11.5 Å². The SMILES string of the molecule is CCOc1ccc(C(=O)NCC(=O)N/N=C/c2ccc(OC)c(OC)c2)cc1. The summed E-state index contributed by atoms with van der Waals surface area (Å²) in [6.07, 6.45) is 1.47. The predicted octanol–water partition coefficient (Wildman–Crippen LogP) is 1.98. The number of nitrogens with zero attached hydrogens (tertiary/aromatic N) is 1. The molecule has 0 aromatic heterocycles. The summed E-state index contributed by atoms with van der Waals surface area (Å²) in [5, 5.41) is 6.40. The summed E-state index contributed by atoms with van der Waals surface area (Å²) in [5.74, 6) is 1.03. The van der Waals surface area contributed by atoms with Crippen molar-refractivity contribution in [3.63, 3.8) is 0 Å². The third-order valence-electron chi connectivity index (χ3n) is 3.65. The smallest absolute Gasteiger partial charge is 0.259 e. The second kappa shape index (κ2) is 10.6. The molecule has 8 heteroatoms. The van der Waals surface area contributed by atoms with Gasteiger partial charge in [-0.25, -0.2) is 5.43 Å². The quantitative estimate of drug-likeness (QED) is 0.508. The molecule has 0 radical (unpaired) electrons. The van der Waals surface area contributed by atoms with Crippen molar-refractivity contribution >= 4 is 18.0 Å². The molecule has 0 fully saturated rings. The first-order chi connectivity index (χ1) is 13.6. The molecule has 0 aliphatic rings. The zero-order valence-electron chi connectivity index (χ0n) is 16.0. The number of amides is 2. The molecule has 2 aromatic carbocycles. The number of carbonyl (C=O) groups excluding carboxylic acids is 2. The lowest BCUT2D eigenvalue weighted by atomic mass is 10.2. The molecule has 0 saturated carbocycles. The summed E-state index contributed by atoms with van der Waals surface area (Å²) in [7, 11) is 3.08. The first-order valence-corrected chi connectivity index (χ1v) is 8.62. The summed E-state index contributed by atoms with van der Waals surface area (Å²) in [5.41, 5.74) is 3.51. The highest BCUT2D eigenvalue weighted by Crippen LogP contribution is 2.26. The van der Waals surface area contributed by atoms with Crippen molar-refractivity contribution in [3.8, 4) is 17.2 Å². The molecule has 28 heavy (non-hydrogen) atoms. The molecule has 2 N–H and O–H groups in total. The fourth-order valence-electron chi connectivity index (χ4n) is 2.28. The molecule has 148 valence electrons. The van der Waals surface area contributed by atoms with Crippen molar-refractivity contribution in [3.05, 3.63) is 53.6 Å². The molecule has 8 nitrogen and oxygen atoms in total. The number of benzene rings is 2. The van der Waals surface area contributed by atoms with Crippen molar-refractivity contribution in [2.45, 2.75) is 6.92 Å². The minimum absolute atomic E-state index is 0.199. The fraction of sp³-hybridized carbons (Fsp3) is 0.250. The lowest BCUT2D eigenvalue weighted by molar-refractivity contribution is -0.120. The van der Waals surface area contributed by atoms with E-state index >= 15 is 0 Å². The zero-order chi connectivity index (χ0) is 20.4. The van der Waals surface area contributed by atoms with Gasteiger partial charge >= 0.3 is 0 Å². The molecule has 0 unspecified atom stereocenters. The van der Waals surface area contributed by atoms with Gasteiger partial charge in [-0.05, 0) is 55.0 Å². The molecule has 0 spiro atoms. The number of ether oxygens (including phenoxy) is 3. The van der Waals surface area contributed by atoms with Crippen LogP contribution in [0.4, 0.5) is 0 Å². The van der Waals surface area contributed by atoms with E-state index in [2.05, 4.69) is 15.8 Å². The maximum Gasteiger partial charge on any atom is 0.259 e. The third-order valence-corrected chi connectivity index (χ3v) is 3.65. The van der Waals surface area contributed by atoms with E-state index in [1.165, 1.54) is 13.3 Å². The highest BCUT2D eigenvalue weighted by molar-refractivity contribution is 5.96. The first-order valence-electron chi connectivity index (χ1n) is 8.62. The average Bonchev–Trinajstić information content (AvgIpc) is 2.72. The lowest BCUT2D eigenvalue weighted by Crippen LogP contribution is -2.34. The monoisotopic (exact) mass is 385 g/mol. The largest absolute Gasteiger partial charge is 0.494 e. The normalized spacial score (nSPS) is 10.4. The number of hydrogen-bond acceptors (Lipinski definition) is 6. The molecule has 0 bridgehead atoms. The van der Waals surface area contributed by atoms with Crippen LogP contribution in [0, 0.1) is 0 Å². The second-order valence-electron chi connectivity index (χ2n) is 5.55. The molecular formula is C20H23N3O5.